The van der Waals surface area contributed by atoms with Crippen molar-refractivity contribution in [1.29, 1.82) is 0 Å². The summed E-state index contributed by atoms with van der Waals surface area (Å²) in [5.74, 6) is 0.715. The van der Waals surface area contributed by atoms with E-state index in [1.807, 2.05) is 44.9 Å². The molecule has 0 saturated carbocycles. The highest BCUT2D eigenvalue weighted by atomic mass is 16.3. The number of aromatic nitrogens is 4. The minimum absolute atomic E-state index is 0.0182. The molecule has 0 radical (unpaired) electrons. The lowest BCUT2D eigenvalue weighted by atomic mass is 10.3. The molecule has 0 spiro atoms. The van der Waals surface area contributed by atoms with Gasteiger partial charge in [0, 0.05) is 26.5 Å². The molecule has 0 saturated heterocycles. The summed E-state index contributed by atoms with van der Waals surface area (Å²) in [6, 6.07) is 0. The molecule has 2 heterocycles. The van der Waals surface area contributed by atoms with E-state index in [9.17, 15) is 0 Å². The van der Waals surface area contributed by atoms with Crippen LogP contribution in [0.3, 0.4) is 0 Å². The van der Waals surface area contributed by atoms with Crippen molar-refractivity contribution in [2.75, 3.05) is 0 Å². The van der Waals surface area contributed by atoms with Crippen molar-refractivity contribution in [1.82, 2.24) is 19.3 Å². The van der Waals surface area contributed by atoms with Crippen molar-refractivity contribution in [3.05, 3.63) is 35.2 Å². The highest BCUT2D eigenvalue weighted by Crippen LogP contribution is 2.02. The van der Waals surface area contributed by atoms with Crippen LogP contribution in [0.15, 0.2) is 12.4 Å². The van der Waals surface area contributed by atoms with Crippen LogP contribution in [0.2, 0.25) is 0 Å². The Bertz CT molecular complexity index is 456. The normalized spacial score (nSPS) is 10.1. The molecular weight excluding hydrogens is 232 g/mol. The summed E-state index contributed by atoms with van der Waals surface area (Å²) in [6.07, 6.45) is 3.76. The fourth-order valence-electron chi connectivity index (χ4n) is 1.62. The van der Waals surface area contributed by atoms with Crippen molar-refractivity contribution >= 4 is 0 Å². The number of rotatable bonds is 2. The molecule has 2 N–H and O–H groups in total. The van der Waals surface area contributed by atoms with Gasteiger partial charge in [-0.2, -0.15) is 5.10 Å². The Kier molecular flexibility index (Phi) is 5.06. The van der Waals surface area contributed by atoms with Crippen LogP contribution in [-0.2, 0) is 27.3 Å². The Labute approximate surface area is 107 Å². The molecule has 0 aliphatic rings. The van der Waals surface area contributed by atoms with Crippen molar-refractivity contribution in [2.24, 2.45) is 14.1 Å². The molecule has 100 valence electrons. The lowest BCUT2D eigenvalue weighted by molar-refractivity contribution is 0.267. The summed E-state index contributed by atoms with van der Waals surface area (Å²) in [7, 11) is 3.71. The van der Waals surface area contributed by atoms with Crippen molar-refractivity contribution in [3.8, 4) is 0 Å². The van der Waals surface area contributed by atoms with Crippen molar-refractivity contribution in [3.63, 3.8) is 0 Å². The number of nitrogens with zero attached hydrogens (tertiary/aromatic N) is 4. The second kappa shape index (κ2) is 6.32. The first kappa shape index (κ1) is 14.4. The first-order valence-corrected chi connectivity index (χ1v) is 5.67. The Hall–Kier alpha value is -1.66. The number of aliphatic hydroxyl groups is 2. The van der Waals surface area contributed by atoms with E-state index in [-0.39, 0.29) is 13.2 Å². The summed E-state index contributed by atoms with van der Waals surface area (Å²) >= 11 is 0. The topological polar surface area (TPSA) is 76.1 Å². The van der Waals surface area contributed by atoms with Gasteiger partial charge in [0.2, 0.25) is 0 Å². The van der Waals surface area contributed by atoms with E-state index in [1.54, 1.807) is 4.68 Å². The zero-order chi connectivity index (χ0) is 13.7. The van der Waals surface area contributed by atoms with Gasteiger partial charge in [0.25, 0.3) is 0 Å². The monoisotopic (exact) mass is 252 g/mol. The van der Waals surface area contributed by atoms with Crippen LogP contribution in [0.4, 0.5) is 0 Å². The summed E-state index contributed by atoms with van der Waals surface area (Å²) in [5.41, 5.74) is 2.75. The lowest BCUT2D eigenvalue weighted by Gasteiger charge is -1.92. The van der Waals surface area contributed by atoms with Gasteiger partial charge in [0.05, 0.1) is 18.0 Å². The molecule has 0 atom stereocenters. The fraction of sp³-hybridized carbons (Fsp3) is 0.500. The Morgan fingerprint density at radius 2 is 1.78 bits per heavy atom. The Morgan fingerprint density at radius 1 is 1.11 bits per heavy atom. The molecule has 0 amide bonds. The van der Waals surface area contributed by atoms with Gasteiger partial charge in [-0.1, -0.05) is 0 Å². The van der Waals surface area contributed by atoms with Gasteiger partial charge < -0.3 is 14.8 Å². The van der Waals surface area contributed by atoms with Crippen LogP contribution in [0.25, 0.3) is 0 Å². The predicted molar refractivity (Wildman–Crippen MR) is 67.7 cm³/mol. The highest BCUT2D eigenvalue weighted by molar-refractivity contribution is 5.13. The van der Waals surface area contributed by atoms with E-state index in [0.717, 1.165) is 17.0 Å². The van der Waals surface area contributed by atoms with Crippen LogP contribution in [-0.4, -0.2) is 29.5 Å². The molecule has 6 heteroatoms. The van der Waals surface area contributed by atoms with Crippen LogP contribution in [0, 0.1) is 13.8 Å². The third-order valence-electron chi connectivity index (χ3n) is 2.50. The van der Waals surface area contributed by atoms with Gasteiger partial charge in [0.15, 0.2) is 0 Å². The average Bonchev–Trinajstić information content (AvgIpc) is 2.81. The van der Waals surface area contributed by atoms with Crippen LogP contribution in [0.5, 0.6) is 0 Å². The molecule has 2 aromatic rings. The van der Waals surface area contributed by atoms with Gasteiger partial charge in [-0.25, -0.2) is 4.98 Å². The molecule has 2 rings (SSSR count). The molecule has 2 aromatic heterocycles. The number of aliphatic hydroxyl groups excluding tert-OH is 2. The predicted octanol–water partition coefficient (Wildman–Crippen LogP) is 0.442. The molecule has 0 bridgehead atoms. The van der Waals surface area contributed by atoms with E-state index in [1.165, 1.54) is 0 Å². The first-order chi connectivity index (χ1) is 8.47. The minimum Gasteiger partial charge on any atom is -0.390 e. The standard InChI is InChI=1S/2C6H10N2O/c1-5-3-8(2)6(4-9)7-5;1-5-3-8(2)7-6(5)4-9/h2*3,9H,4H2,1-2H3. The Morgan fingerprint density at radius 3 is 2.00 bits per heavy atom. The largest absolute Gasteiger partial charge is 0.390 e. The average molecular weight is 252 g/mol. The molecular formula is C12H20N4O2. The summed E-state index contributed by atoms with van der Waals surface area (Å²) in [4.78, 5) is 4.04. The first-order valence-electron chi connectivity index (χ1n) is 5.67. The number of hydrogen-bond acceptors (Lipinski definition) is 4. The maximum absolute atomic E-state index is 8.66. The zero-order valence-electron chi connectivity index (χ0n) is 11.3. The van der Waals surface area contributed by atoms with Crippen molar-refractivity contribution in [2.45, 2.75) is 27.1 Å². The second-order valence-corrected chi connectivity index (χ2v) is 4.16. The summed E-state index contributed by atoms with van der Waals surface area (Å²) in [5, 5.41) is 21.3. The van der Waals surface area contributed by atoms with E-state index < -0.39 is 0 Å². The van der Waals surface area contributed by atoms with Crippen LogP contribution in [0.1, 0.15) is 22.8 Å². The van der Waals surface area contributed by atoms with E-state index in [0.29, 0.717) is 5.82 Å². The maximum atomic E-state index is 8.66. The molecule has 0 aliphatic heterocycles. The van der Waals surface area contributed by atoms with Gasteiger partial charge in [-0.3, -0.25) is 4.68 Å². The van der Waals surface area contributed by atoms with Crippen molar-refractivity contribution < 1.29 is 10.2 Å². The molecule has 18 heavy (non-hydrogen) atoms. The number of aryl methyl sites for hydroxylation is 4. The third kappa shape index (κ3) is 3.68. The Balaban J connectivity index is 0.000000180. The third-order valence-corrected chi connectivity index (χ3v) is 2.50. The van der Waals surface area contributed by atoms with Crippen LogP contribution < -0.4 is 0 Å². The van der Waals surface area contributed by atoms with E-state index >= 15 is 0 Å². The summed E-state index contributed by atoms with van der Waals surface area (Å²) < 4.78 is 3.51. The molecule has 0 aromatic carbocycles. The number of imidazole rings is 1. The van der Waals surface area contributed by atoms with Gasteiger partial charge in [-0.15, -0.1) is 0 Å². The summed E-state index contributed by atoms with van der Waals surface area (Å²) in [6.45, 7) is 3.88. The smallest absolute Gasteiger partial charge is 0.134 e. The highest BCUT2D eigenvalue weighted by Gasteiger charge is 1.98. The minimum atomic E-state index is 0.0182. The van der Waals surface area contributed by atoms with E-state index in [2.05, 4.69) is 10.1 Å². The molecule has 0 fully saturated rings. The van der Waals surface area contributed by atoms with Gasteiger partial charge in [-0.05, 0) is 19.4 Å². The van der Waals surface area contributed by atoms with E-state index in [4.69, 9.17) is 10.2 Å². The lowest BCUT2D eigenvalue weighted by Crippen LogP contribution is -1.94. The maximum Gasteiger partial charge on any atom is 0.134 e. The SMILES string of the molecule is Cc1cn(C)c(CO)n1.Cc1cn(C)nc1CO. The molecule has 0 unspecified atom stereocenters. The van der Waals surface area contributed by atoms with Gasteiger partial charge >= 0.3 is 0 Å². The number of hydrogen-bond donors (Lipinski definition) is 2. The second-order valence-electron chi connectivity index (χ2n) is 4.16. The zero-order valence-corrected chi connectivity index (χ0v) is 11.3. The fourth-order valence-corrected chi connectivity index (χ4v) is 1.62. The van der Waals surface area contributed by atoms with Gasteiger partial charge in [0.1, 0.15) is 12.4 Å². The molecule has 6 nitrogen and oxygen atoms in total. The quantitative estimate of drug-likeness (QED) is 0.813. The van der Waals surface area contributed by atoms with Crippen LogP contribution >= 0.6 is 0 Å². The molecule has 0 aliphatic carbocycles.